The predicted molar refractivity (Wildman–Crippen MR) is 231 cm³/mol. The van der Waals surface area contributed by atoms with Crippen LogP contribution in [0.1, 0.15) is 48.6 Å². The van der Waals surface area contributed by atoms with Gasteiger partial charge in [-0.3, -0.25) is 9.97 Å². The van der Waals surface area contributed by atoms with Gasteiger partial charge < -0.3 is 9.80 Å². The summed E-state index contributed by atoms with van der Waals surface area (Å²) in [5.74, 6) is 0. The molecule has 0 bridgehead atoms. The molecular formula is C51H37BN4. The van der Waals surface area contributed by atoms with Crippen molar-refractivity contribution in [2.24, 2.45) is 0 Å². The van der Waals surface area contributed by atoms with Gasteiger partial charge in [-0.1, -0.05) is 118 Å². The van der Waals surface area contributed by atoms with Gasteiger partial charge in [-0.2, -0.15) is 0 Å². The SMILES string of the molecule is CC(C)(C)c1cc2c3c(c1)N(c1ccccc1)c1cc4c(cc1B3c1ccccc1N2c1ccccc1)-c1ccccc1C41c2cccnc2-c2ncccc21. The first-order chi connectivity index (χ1) is 27.4. The van der Waals surface area contributed by atoms with Crippen molar-refractivity contribution in [1.82, 2.24) is 9.97 Å². The Morgan fingerprint density at radius 3 is 1.66 bits per heavy atom. The van der Waals surface area contributed by atoms with E-state index in [0.717, 1.165) is 22.8 Å². The Kier molecular flexibility index (Phi) is 6.31. The van der Waals surface area contributed by atoms with Crippen molar-refractivity contribution in [1.29, 1.82) is 0 Å². The number of anilines is 6. The smallest absolute Gasteiger partial charge is 0.252 e. The van der Waals surface area contributed by atoms with Gasteiger partial charge in [0.2, 0.25) is 0 Å². The molecule has 4 nitrogen and oxygen atoms in total. The molecule has 0 atom stereocenters. The van der Waals surface area contributed by atoms with E-state index in [-0.39, 0.29) is 12.1 Å². The normalized spacial score (nSPS) is 14.7. The van der Waals surface area contributed by atoms with Gasteiger partial charge in [-0.05, 0) is 121 Å². The molecule has 0 amide bonds. The molecule has 0 unspecified atom stereocenters. The maximum atomic E-state index is 5.00. The highest BCUT2D eigenvalue weighted by Crippen LogP contribution is 2.62. The molecule has 2 aliphatic carbocycles. The van der Waals surface area contributed by atoms with E-state index >= 15 is 0 Å². The van der Waals surface area contributed by atoms with E-state index in [0.29, 0.717) is 0 Å². The zero-order valence-corrected chi connectivity index (χ0v) is 31.5. The Morgan fingerprint density at radius 1 is 0.464 bits per heavy atom. The second-order valence-corrected chi connectivity index (χ2v) is 16.6. The molecule has 6 aromatic carbocycles. The number of hydrogen-bond donors (Lipinski definition) is 0. The van der Waals surface area contributed by atoms with Gasteiger partial charge >= 0.3 is 0 Å². The van der Waals surface area contributed by atoms with Crippen LogP contribution in [0.2, 0.25) is 0 Å². The van der Waals surface area contributed by atoms with Crippen molar-refractivity contribution in [3.8, 4) is 22.5 Å². The minimum absolute atomic E-state index is 0.0145. The highest BCUT2D eigenvalue weighted by Gasteiger charge is 2.54. The van der Waals surface area contributed by atoms with Gasteiger partial charge in [0, 0.05) is 46.5 Å². The van der Waals surface area contributed by atoms with Crippen molar-refractivity contribution in [3.05, 3.63) is 198 Å². The summed E-state index contributed by atoms with van der Waals surface area (Å²) in [6, 6.07) is 58.7. The third kappa shape index (κ3) is 3.99. The van der Waals surface area contributed by atoms with E-state index in [1.807, 2.05) is 12.4 Å². The molecule has 8 aromatic rings. The summed E-state index contributed by atoms with van der Waals surface area (Å²) in [6.45, 7) is 7.01. The van der Waals surface area contributed by atoms with Gasteiger partial charge in [0.15, 0.2) is 0 Å². The Labute approximate surface area is 327 Å². The minimum atomic E-state index is -0.552. The molecular weight excluding hydrogens is 679 g/mol. The van der Waals surface area contributed by atoms with Crippen LogP contribution in [0.4, 0.5) is 34.1 Å². The van der Waals surface area contributed by atoms with E-state index < -0.39 is 5.41 Å². The third-order valence-electron chi connectivity index (χ3n) is 12.7. The van der Waals surface area contributed by atoms with E-state index in [1.54, 1.807) is 0 Å². The second-order valence-electron chi connectivity index (χ2n) is 16.6. The van der Waals surface area contributed by atoms with Crippen LogP contribution in [0.5, 0.6) is 0 Å². The van der Waals surface area contributed by atoms with Crippen molar-refractivity contribution in [3.63, 3.8) is 0 Å². The highest BCUT2D eigenvalue weighted by atomic mass is 15.2. The number of fused-ring (bicyclic) bond motifs is 14. The molecule has 2 aromatic heterocycles. The molecule has 5 heteroatoms. The summed E-state index contributed by atoms with van der Waals surface area (Å²) >= 11 is 0. The Hall–Kier alpha value is -6.72. The molecule has 1 spiro atoms. The Bertz CT molecular complexity index is 2890. The molecule has 0 radical (unpaired) electrons. The van der Waals surface area contributed by atoms with Crippen LogP contribution in [0.15, 0.2) is 170 Å². The van der Waals surface area contributed by atoms with E-state index in [9.17, 15) is 0 Å². The molecule has 4 heterocycles. The van der Waals surface area contributed by atoms with Crippen LogP contribution in [0.25, 0.3) is 22.5 Å². The number of pyridine rings is 2. The largest absolute Gasteiger partial charge is 0.311 e. The maximum absolute atomic E-state index is 5.00. The quantitative estimate of drug-likeness (QED) is 0.167. The number of rotatable bonds is 2. The first kappa shape index (κ1) is 31.6. The summed E-state index contributed by atoms with van der Waals surface area (Å²) in [5.41, 5.74) is 21.3. The standard InChI is InChI=1S/C51H37BN4/c1-50(2,3)32-28-45-47-46(29-32)56(34-18-8-5-9-19-34)44-31-40-36(30-42(44)52(47)41-24-12-13-25-43(41)55(45)33-16-6-4-7-17-33)35-20-10-11-21-37(35)51(40)38-22-14-26-53-48(38)49-39(51)23-15-27-54-49/h4-31H,1-3H3. The van der Waals surface area contributed by atoms with E-state index in [1.165, 1.54) is 78.1 Å². The van der Waals surface area contributed by atoms with Crippen molar-refractivity contribution in [2.75, 3.05) is 9.80 Å². The lowest BCUT2D eigenvalue weighted by Gasteiger charge is -2.45. The number of nitrogens with zero attached hydrogens (tertiary/aromatic N) is 4. The first-order valence-electron chi connectivity index (χ1n) is 19.6. The third-order valence-corrected chi connectivity index (χ3v) is 12.7. The summed E-state index contributed by atoms with van der Waals surface area (Å²) < 4.78 is 0. The van der Waals surface area contributed by atoms with Crippen LogP contribution in [0, 0.1) is 0 Å². The Morgan fingerprint density at radius 2 is 1.02 bits per heavy atom. The van der Waals surface area contributed by atoms with Crippen LogP contribution < -0.4 is 26.2 Å². The zero-order chi connectivity index (χ0) is 37.3. The van der Waals surface area contributed by atoms with Gasteiger partial charge in [0.25, 0.3) is 6.71 Å². The van der Waals surface area contributed by atoms with Crippen molar-refractivity contribution in [2.45, 2.75) is 31.6 Å². The molecule has 4 aliphatic rings. The fraction of sp³-hybridized carbons (Fsp3) is 0.0980. The number of aromatic nitrogens is 2. The molecule has 0 fully saturated rings. The number of para-hydroxylation sites is 3. The minimum Gasteiger partial charge on any atom is -0.311 e. The lowest BCUT2D eigenvalue weighted by atomic mass is 9.33. The van der Waals surface area contributed by atoms with E-state index in [4.69, 9.17) is 9.97 Å². The molecule has 264 valence electrons. The lowest BCUT2D eigenvalue weighted by Crippen LogP contribution is -2.61. The summed E-state index contributed by atoms with van der Waals surface area (Å²) in [6.07, 6.45) is 3.81. The van der Waals surface area contributed by atoms with Crippen LogP contribution in [0.3, 0.4) is 0 Å². The van der Waals surface area contributed by atoms with Crippen LogP contribution in [-0.2, 0) is 10.8 Å². The van der Waals surface area contributed by atoms with Crippen molar-refractivity contribution >= 4 is 57.2 Å². The maximum Gasteiger partial charge on any atom is 0.252 e. The number of hydrogen-bond acceptors (Lipinski definition) is 4. The molecule has 12 rings (SSSR count). The zero-order valence-electron chi connectivity index (χ0n) is 31.5. The second kappa shape index (κ2) is 11.2. The van der Waals surface area contributed by atoms with Crippen LogP contribution >= 0.6 is 0 Å². The van der Waals surface area contributed by atoms with Crippen molar-refractivity contribution < 1.29 is 0 Å². The molecule has 2 aliphatic heterocycles. The fourth-order valence-electron chi connectivity index (χ4n) is 10.4. The Balaban J connectivity index is 1.24. The predicted octanol–water partition coefficient (Wildman–Crippen LogP) is 10.2. The summed E-state index contributed by atoms with van der Waals surface area (Å²) in [7, 11) is 0. The molecule has 56 heavy (non-hydrogen) atoms. The van der Waals surface area contributed by atoms with Gasteiger partial charge in [-0.25, -0.2) is 0 Å². The fourth-order valence-corrected chi connectivity index (χ4v) is 10.4. The highest BCUT2D eigenvalue weighted by molar-refractivity contribution is 7.00. The summed E-state index contributed by atoms with van der Waals surface area (Å²) in [4.78, 5) is 15.1. The van der Waals surface area contributed by atoms with Gasteiger partial charge in [0.1, 0.15) is 0 Å². The number of benzene rings is 6. The molecule has 0 saturated carbocycles. The average Bonchev–Trinajstić information content (AvgIpc) is 3.70. The molecule has 0 N–H and O–H groups in total. The summed E-state index contributed by atoms with van der Waals surface area (Å²) in [5, 5.41) is 0. The molecule has 0 saturated heterocycles. The monoisotopic (exact) mass is 716 g/mol. The van der Waals surface area contributed by atoms with Gasteiger partial charge in [-0.15, -0.1) is 0 Å². The average molecular weight is 717 g/mol. The first-order valence-corrected chi connectivity index (χ1v) is 19.6. The van der Waals surface area contributed by atoms with Gasteiger partial charge in [0.05, 0.1) is 16.8 Å². The van der Waals surface area contributed by atoms with Crippen LogP contribution in [-0.4, -0.2) is 16.7 Å². The van der Waals surface area contributed by atoms with E-state index in [2.05, 4.69) is 188 Å². The lowest BCUT2D eigenvalue weighted by molar-refractivity contribution is 0.590. The topological polar surface area (TPSA) is 32.3 Å².